The van der Waals surface area contributed by atoms with E-state index in [2.05, 4.69) is 15.0 Å². The first-order valence-corrected chi connectivity index (χ1v) is 10.2. The second-order valence-corrected chi connectivity index (χ2v) is 7.06. The topological polar surface area (TPSA) is 105 Å². The number of nitrogens with zero attached hydrogens (tertiary/aromatic N) is 3. The highest BCUT2D eigenvalue weighted by molar-refractivity contribution is 5.90. The van der Waals surface area contributed by atoms with E-state index in [9.17, 15) is 15.0 Å². The third-order valence-corrected chi connectivity index (χ3v) is 4.72. The van der Waals surface area contributed by atoms with Crippen molar-refractivity contribution in [3.63, 3.8) is 0 Å². The zero-order chi connectivity index (χ0) is 22.5. The minimum Gasteiger partial charge on any atom is -0.507 e. The largest absolute Gasteiger partial charge is 0.507 e. The number of aromatic hydroxyl groups is 2. The number of para-hydroxylation sites is 2. The van der Waals surface area contributed by atoms with Gasteiger partial charge in [0.2, 0.25) is 0 Å². The number of hydrogen-bond acceptors (Lipinski definition) is 7. The molecular weight excluding hydrogens is 406 g/mol. The average Bonchev–Trinajstić information content (AvgIpc) is 2.83. The molecule has 0 aliphatic carbocycles. The molecule has 0 aliphatic heterocycles. The van der Waals surface area contributed by atoms with Gasteiger partial charge in [-0.05, 0) is 42.8 Å². The standard InChI is InChI=1S/C25H21N3O4/c1-2-14-32-25(31)17-9-7-8-16(15-17)22-26-23(18-10-3-5-12-20(18)29)28-24(27-22)19-11-4-6-13-21(19)30/h3-13,15,29-30H,2,14H2,1H3. The van der Waals surface area contributed by atoms with Gasteiger partial charge in [-0.3, -0.25) is 0 Å². The van der Waals surface area contributed by atoms with E-state index in [1.54, 1.807) is 72.8 Å². The highest BCUT2D eigenvalue weighted by Gasteiger charge is 2.17. The van der Waals surface area contributed by atoms with Gasteiger partial charge in [-0.25, -0.2) is 19.7 Å². The molecule has 4 rings (SSSR count). The van der Waals surface area contributed by atoms with Crippen LogP contribution >= 0.6 is 0 Å². The number of phenolic OH excluding ortho intramolecular Hbond substituents is 2. The number of rotatable bonds is 6. The summed E-state index contributed by atoms with van der Waals surface area (Å²) in [6.07, 6.45) is 0.729. The minimum atomic E-state index is -0.426. The van der Waals surface area contributed by atoms with Crippen molar-refractivity contribution >= 4 is 5.97 Å². The molecule has 0 amide bonds. The Morgan fingerprint density at radius 1 is 0.781 bits per heavy atom. The van der Waals surface area contributed by atoms with Gasteiger partial charge in [0.15, 0.2) is 17.5 Å². The van der Waals surface area contributed by atoms with Crippen molar-refractivity contribution in [3.05, 3.63) is 78.4 Å². The van der Waals surface area contributed by atoms with E-state index in [1.165, 1.54) is 0 Å². The van der Waals surface area contributed by atoms with E-state index >= 15 is 0 Å². The molecule has 0 fully saturated rings. The van der Waals surface area contributed by atoms with Crippen LogP contribution < -0.4 is 0 Å². The summed E-state index contributed by atoms with van der Waals surface area (Å²) in [4.78, 5) is 25.9. The predicted molar refractivity (Wildman–Crippen MR) is 120 cm³/mol. The number of phenols is 2. The molecule has 0 spiro atoms. The summed E-state index contributed by atoms with van der Waals surface area (Å²) >= 11 is 0. The second-order valence-electron chi connectivity index (χ2n) is 7.06. The van der Waals surface area contributed by atoms with Gasteiger partial charge < -0.3 is 14.9 Å². The number of esters is 1. The first-order chi connectivity index (χ1) is 15.6. The Kier molecular flexibility index (Phi) is 6.07. The second kappa shape index (κ2) is 9.26. The van der Waals surface area contributed by atoms with Crippen LogP contribution in [0.4, 0.5) is 0 Å². The van der Waals surface area contributed by atoms with Gasteiger partial charge in [0.05, 0.1) is 23.3 Å². The Labute approximate surface area is 185 Å². The molecule has 7 nitrogen and oxygen atoms in total. The molecule has 1 aromatic heterocycles. The molecule has 7 heteroatoms. The lowest BCUT2D eigenvalue weighted by molar-refractivity contribution is 0.0505. The molecule has 160 valence electrons. The summed E-state index contributed by atoms with van der Waals surface area (Å²) in [5.41, 5.74) is 1.80. The molecular formula is C25H21N3O4. The van der Waals surface area contributed by atoms with E-state index in [0.29, 0.717) is 34.7 Å². The molecule has 3 aromatic carbocycles. The van der Waals surface area contributed by atoms with Crippen LogP contribution in [0.3, 0.4) is 0 Å². The molecule has 2 N–H and O–H groups in total. The lowest BCUT2D eigenvalue weighted by atomic mass is 10.1. The van der Waals surface area contributed by atoms with Gasteiger partial charge in [0.1, 0.15) is 11.5 Å². The van der Waals surface area contributed by atoms with Crippen LogP contribution in [0.2, 0.25) is 0 Å². The quantitative estimate of drug-likeness (QED) is 0.424. The van der Waals surface area contributed by atoms with Gasteiger partial charge in [-0.2, -0.15) is 0 Å². The van der Waals surface area contributed by atoms with Crippen molar-refractivity contribution in [1.29, 1.82) is 0 Å². The monoisotopic (exact) mass is 427 g/mol. The van der Waals surface area contributed by atoms with Crippen molar-refractivity contribution in [2.75, 3.05) is 6.61 Å². The van der Waals surface area contributed by atoms with Crippen LogP contribution in [0, 0.1) is 0 Å². The van der Waals surface area contributed by atoms with Gasteiger partial charge >= 0.3 is 5.97 Å². The molecule has 0 bridgehead atoms. The normalized spacial score (nSPS) is 10.7. The Balaban J connectivity index is 1.86. The van der Waals surface area contributed by atoms with E-state index in [-0.39, 0.29) is 23.1 Å². The fraction of sp³-hybridized carbons (Fsp3) is 0.120. The molecule has 0 radical (unpaired) electrons. The maximum absolute atomic E-state index is 12.3. The number of benzene rings is 3. The SMILES string of the molecule is CCCOC(=O)c1cccc(-c2nc(-c3ccccc3O)nc(-c3ccccc3O)n2)c1. The zero-order valence-electron chi connectivity index (χ0n) is 17.4. The van der Waals surface area contributed by atoms with Crippen molar-refractivity contribution in [3.8, 4) is 45.7 Å². The van der Waals surface area contributed by atoms with Crippen molar-refractivity contribution in [2.45, 2.75) is 13.3 Å². The molecule has 4 aromatic rings. The van der Waals surface area contributed by atoms with Crippen molar-refractivity contribution in [2.24, 2.45) is 0 Å². The zero-order valence-corrected chi connectivity index (χ0v) is 17.4. The first-order valence-electron chi connectivity index (χ1n) is 10.2. The van der Waals surface area contributed by atoms with Crippen LogP contribution in [-0.4, -0.2) is 37.7 Å². The Morgan fingerprint density at radius 3 is 1.91 bits per heavy atom. The summed E-state index contributed by atoms with van der Waals surface area (Å²) in [6.45, 7) is 2.26. The van der Waals surface area contributed by atoms with E-state index < -0.39 is 5.97 Å². The minimum absolute atomic E-state index is 0.0183. The maximum Gasteiger partial charge on any atom is 0.338 e. The number of carbonyl (C=O) groups is 1. The molecule has 0 aliphatic rings. The fourth-order valence-electron chi connectivity index (χ4n) is 3.13. The maximum atomic E-state index is 12.3. The lowest BCUT2D eigenvalue weighted by Gasteiger charge is -2.10. The van der Waals surface area contributed by atoms with Crippen LogP contribution in [0.1, 0.15) is 23.7 Å². The smallest absolute Gasteiger partial charge is 0.338 e. The fourth-order valence-corrected chi connectivity index (χ4v) is 3.13. The summed E-state index contributed by atoms with van der Waals surface area (Å²) < 4.78 is 5.23. The first kappa shape index (κ1) is 21.0. The third-order valence-electron chi connectivity index (χ3n) is 4.72. The molecule has 0 saturated carbocycles. The molecule has 0 atom stereocenters. The summed E-state index contributed by atoms with van der Waals surface area (Å²) in [5.74, 6) is 0.386. The highest BCUT2D eigenvalue weighted by atomic mass is 16.5. The van der Waals surface area contributed by atoms with Crippen LogP contribution in [0.5, 0.6) is 11.5 Å². The molecule has 1 heterocycles. The van der Waals surface area contributed by atoms with Crippen LogP contribution in [0.25, 0.3) is 34.2 Å². The van der Waals surface area contributed by atoms with Crippen molar-refractivity contribution < 1.29 is 19.7 Å². The van der Waals surface area contributed by atoms with Gasteiger partial charge in [-0.15, -0.1) is 0 Å². The Morgan fingerprint density at radius 2 is 1.34 bits per heavy atom. The Hall–Kier alpha value is -4.26. The summed E-state index contributed by atoms with van der Waals surface area (Å²) in [6, 6.07) is 20.2. The Bertz CT molecular complexity index is 1210. The van der Waals surface area contributed by atoms with Crippen molar-refractivity contribution in [1.82, 2.24) is 15.0 Å². The highest BCUT2D eigenvalue weighted by Crippen LogP contribution is 2.32. The van der Waals surface area contributed by atoms with Gasteiger partial charge in [-0.1, -0.05) is 43.3 Å². The molecule has 32 heavy (non-hydrogen) atoms. The van der Waals surface area contributed by atoms with Gasteiger partial charge in [0.25, 0.3) is 0 Å². The number of hydrogen-bond donors (Lipinski definition) is 2. The van der Waals surface area contributed by atoms with E-state index in [0.717, 1.165) is 6.42 Å². The number of ether oxygens (including phenoxy) is 1. The van der Waals surface area contributed by atoms with E-state index in [1.807, 2.05) is 6.92 Å². The van der Waals surface area contributed by atoms with Gasteiger partial charge in [0, 0.05) is 5.56 Å². The average molecular weight is 427 g/mol. The lowest BCUT2D eigenvalue weighted by Crippen LogP contribution is -2.06. The van der Waals surface area contributed by atoms with Crippen LogP contribution in [0.15, 0.2) is 72.8 Å². The predicted octanol–water partition coefficient (Wildman–Crippen LogP) is 4.85. The number of aromatic nitrogens is 3. The number of carbonyl (C=O) groups excluding carboxylic acids is 1. The van der Waals surface area contributed by atoms with Crippen LogP contribution in [-0.2, 0) is 4.74 Å². The summed E-state index contributed by atoms with van der Waals surface area (Å²) in [7, 11) is 0. The van der Waals surface area contributed by atoms with E-state index in [4.69, 9.17) is 4.74 Å². The third kappa shape index (κ3) is 4.41. The summed E-state index contributed by atoms with van der Waals surface area (Å²) in [5, 5.41) is 20.7. The molecule has 0 saturated heterocycles. The molecule has 0 unspecified atom stereocenters.